The van der Waals surface area contributed by atoms with E-state index in [2.05, 4.69) is 16.8 Å². The van der Waals surface area contributed by atoms with E-state index >= 15 is 0 Å². The standard InChI is InChI=1S/C17H27N3O2S/c1-18-10-12-20(13-11-18)9-4-8-19(2)17(22)7-6-15(21)16-5-3-14-23-16/h3,5,14H,4,6-13H2,1-2H3. The van der Waals surface area contributed by atoms with E-state index in [9.17, 15) is 9.59 Å². The summed E-state index contributed by atoms with van der Waals surface area (Å²) in [7, 11) is 3.99. The number of Topliss-reactive ketones (excluding diaryl/α,β-unsaturated/α-hetero) is 1. The Bertz CT molecular complexity index is 496. The van der Waals surface area contributed by atoms with Crippen LogP contribution in [0.4, 0.5) is 0 Å². The quantitative estimate of drug-likeness (QED) is 0.679. The lowest BCUT2D eigenvalue weighted by Crippen LogP contribution is -2.45. The average molecular weight is 337 g/mol. The van der Waals surface area contributed by atoms with Crippen molar-refractivity contribution in [1.29, 1.82) is 0 Å². The van der Waals surface area contributed by atoms with Gasteiger partial charge in [0.1, 0.15) is 0 Å². The second kappa shape index (κ2) is 9.15. The molecule has 1 aliphatic rings. The van der Waals surface area contributed by atoms with Gasteiger partial charge in [-0.2, -0.15) is 0 Å². The second-order valence-corrected chi connectivity index (χ2v) is 7.16. The van der Waals surface area contributed by atoms with Crippen molar-refractivity contribution >= 4 is 23.0 Å². The van der Waals surface area contributed by atoms with E-state index in [0.717, 1.165) is 50.6 Å². The molecule has 1 saturated heterocycles. The van der Waals surface area contributed by atoms with Crippen LogP contribution in [-0.4, -0.2) is 79.8 Å². The summed E-state index contributed by atoms with van der Waals surface area (Å²) in [6, 6.07) is 3.68. The van der Waals surface area contributed by atoms with Crippen molar-refractivity contribution in [2.75, 3.05) is 53.4 Å². The van der Waals surface area contributed by atoms with Gasteiger partial charge in [0.25, 0.3) is 0 Å². The van der Waals surface area contributed by atoms with Crippen molar-refractivity contribution < 1.29 is 9.59 Å². The minimum absolute atomic E-state index is 0.0632. The Hall–Kier alpha value is -1.24. The van der Waals surface area contributed by atoms with E-state index in [4.69, 9.17) is 0 Å². The van der Waals surface area contributed by atoms with Crippen LogP contribution in [-0.2, 0) is 4.79 Å². The highest BCUT2D eigenvalue weighted by Crippen LogP contribution is 2.12. The lowest BCUT2D eigenvalue weighted by molar-refractivity contribution is -0.129. The van der Waals surface area contributed by atoms with Gasteiger partial charge in [-0.05, 0) is 31.5 Å². The third kappa shape index (κ3) is 6.05. The Labute approximate surface area is 142 Å². The predicted molar refractivity (Wildman–Crippen MR) is 94.1 cm³/mol. The lowest BCUT2D eigenvalue weighted by Gasteiger charge is -2.32. The number of amides is 1. The molecule has 2 heterocycles. The number of nitrogens with zero attached hydrogens (tertiary/aromatic N) is 3. The topological polar surface area (TPSA) is 43.9 Å². The van der Waals surface area contributed by atoms with Crippen LogP contribution >= 0.6 is 11.3 Å². The van der Waals surface area contributed by atoms with Crippen LogP contribution in [0.25, 0.3) is 0 Å². The third-order valence-corrected chi connectivity index (χ3v) is 5.26. The van der Waals surface area contributed by atoms with Gasteiger partial charge >= 0.3 is 0 Å². The smallest absolute Gasteiger partial charge is 0.222 e. The van der Waals surface area contributed by atoms with Crippen LogP contribution in [0.15, 0.2) is 17.5 Å². The first kappa shape index (κ1) is 18.1. The number of carbonyl (C=O) groups is 2. The highest BCUT2D eigenvalue weighted by atomic mass is 32.1. The summed E-state index contributed by atoms with van der Waals surface area (Å²) in [5.74, 6) is 0.132. The first-order valence-corrected chi connectivity index (χ1v) is 9.16. The molecule has 0 unspecified atom stereocenters. The summed E-state index contributed by atoms with van der Waals surface area (Å²) in [4.78, 5) is 31.3. The molecule has 0 spiro atoms. The van der Waals surface area contributed by atoms with E-state index in [1.165, 1.54) is 11.3 Å². The number of hydrogen-bond acceptors (Lipinski definition) is 5. The monoisotopic (exact) mass is 337 g/mol. The van der Waals surface area contributed by atoms with Crippen LogP contribution < -0.4 is 0 Å². The zero-order chi connectivity index (χ0) is 16.7. The summed E-state index contributed by atoms with van der Waals surface area (Å²) in [5, 5.41) is 1.89. The van der Waals surface area contributed by atoms with Crippen molar-refractivity contribution in [3.05, 3.63) is 22.4 Å². The number of hydrogen-bond donors (Lipinski definition) is 0. The van der Waals surface area contributed by atoms with Crippen molar-refractivity contribution in [2.45, 2.75) is 19.3 Å². The van der Waals surface area contributed by atoms with E-state index in [1.54, 1.807) is 4.90 Å². The Morgan fingerprint density at radius 3 is 2.61 bits per heavy atom. The molecule has 2 rings (SSSR count). The Balaban J connectivity index is 1.60. The van der Waals surface area contributed by atoms with Crippen LogP contribution in [0.5, 0.6) is 0 Å². The van der Waals surface area contributed by atoms with Crippen molar-refractivity contribution in [3.8, 4) is 0 Å². The molecular weight excluding hydrogens is 310 g/mol. The molecule has 0 aliphatic carbocycles. The zero-order valence-electron chi connectivity index (χ0n) is 14.2. The van der Waals surface area contributed by atoms with E-state index in [-0.39, 0.29) is 11.7 Å². The second-order valence-electron chi connectivity index (χ2n) is 6.21. The Kier molecular flexibility index (Phi) is 7.20. The zero-order valence-corrected chi connectivity index (χ0v) is 15.0. The SMILES string of the molecule is CN1CCN(CCCN(C)C(=O)CCC(=O)c2cccs2)CC1. The van der Waals surface area contributed by atoms with Crippen LogP contribution in [0.2, 0.25) is 0 Å². The number of rotatable bonds is 8. The maximum Gasteiger partial charge on any atom is 0.222 e. The van der Waals surface area contributed by atoms with Gasteiger partial charge < -0.3 is 14.7 Å². The molecule has 0 radical (unpaired) electrons. The molecule has 0 bridgehead atoms. The molecule has 1 aromatic heterocycles. The molecule has 6 heteroatoms. The number of piperazine rings is 1. The maximum absolute atomic E-state index is 12.1. The van der Waals surface area contributed by atoms with Gasteiger partial charge in [-0.15, -0.1) is 11.3 Å². The van der Waals surface area contributed by atoms with Gasteiger partial charge in [0.05, 0.1) is 4.88 Å². The molecular formula is C17H27N3O2S. The van der Waals surface area contributed by atoms with Gasteiger partial charge in [-0.1, -0.05) is 6.07 Å². The summed E-state index contributed by atoms with van der Waals surface area (Å²) >= 11 is 1.44. The fourth-order valence-electron chi connectivity index (χ4n) is 2.70. The summed E-state index contributed by atoms with van der Waals surface area (Å²) in [6.07, 6.45) is 1.61. The van der Waals surface area contributed by atoms with Crippen LogP contribution in [0.1, 0.15) is 28.9 Å². The molecule has 1 aromatic rings. The van der Waals surface area contributed by atoms with Gasteiger partial charge in [0.2, 0.25) is 5.91 Å². The molecule has 1 aliphatic heterocycles. The first-order chi connectivity index (χ1) is 11.1. The first-order valence-electron chi connectivity index (χ1n) is 8.28. The number of thiophene rings is 1. The lowest BCUT2D eigenvalue weighted by atomic mass is 10.2. The molecule has 5 nitrogen and oxygen atoms in total. The molecule has 128 valence electrons. The van der Waals surface area contributed by atoms with Gasteiger partial charge in [-0.3, -0.25) is 9.59 Å². The highest BCUT2D eigenvalue weighted by molar-refractivity contribution is 7.12. The number of carbonyl (C=O) groups excluding carboxylic acids is 2. The van der Waals surface area contributed by atoms with Crippen molar-refractivity contribution in [2.24, 2.45) is 0 Å². The van der Waals surface area contributed by atoms with E-state index in [0.29, 0.717) is 12.8 Å². The van der Waals surface area contributed by atoms with Gasteiger partial charge in [-0.25, -0.2) is 0 Å². The van der Waals surface area contributed by atoms with E-state index in [1.807, 2.05) is 24.6 Å². The van der Waals surface area contributed by atoms with Crippen LogP contribution in [0.3, 0.4) is 0 Å². The average Bonchev–Trinajstić information content (AvgIpc) is 3.08. The highest BCUT2D eigenvalue weighted by Gasteiger charge is 2.15. The van der Waals surface area contributed by atoms with Crippen molar-refractivity contribution in [1.82, 2.24) is 14.7 Å². The third-order valence-electron chi connectivity index (χ3n) is 4.35. The predicted octanol–water partition coefficient (Wildman–Crippen LogP) is 1.81. The van der Waals surface area contributed by atoms with Gasteiger partial charge in [0, 0.05) is 52.6 Å². The molecule has 23 heavy (non-hydrogen) atoms. The number of likely N-dealkylation sites (N-methyl/N-ethyl adjacent to an activating group) is 1. The van der Waals surface area contributed by atoms with Crippen LogP contribution in [0, 0.1) is 0 Å². The summed E-state index contributed by atoms with van der Waals surface area (Å²) in [5.41, 5.74) is 0. The molecule has 0 atom stereocenters. The van der Waals surface area contributed by atoms with E-state index < -0.39 is 0 Å². The fraction of sp³-hybridized carbons (Fsp3) is 0.647. The normalized spacial score (nSPS) is 16.4. The summed E-state index contributed by atoms with van der Waals surface area (Å²) in [6.45, 7) is 6.28. The maximum atomic E-state index is 12.1. The largest absolute Gasteiger partial charge is 0.346 e. The number of ketones is 1. The summed E-state index contributed by atoms with van der Waals surface area (Å²) < 4.78 is 0. The molecule has 0 saturated carbocycles. The molecule has 1 fully saturated rings. The van der Waals surface area contributed by atoms with Crippen molar-refractivity contribution in [3.63, 3.8) is 0 Å². The molecule has 0 aromatic carbocycles. The molecule has 1 amide bonds. The Morgan fingerprint density at radius 1 is 1.22 bits per heavy atom. The molecule has 0 N–H and O–H groups in total. The Morgan fingerprint density at radius 2 is 1.96 bits per heavy atom. The minimum atomic E-state index is 0.0632. The minimum Gasteiger partial charge on any atom is -0.346 e. The fourth-order valence-corrected chi connectivity index (χ4v) is 3.39. The van der Waals surface area contributed by atoms with Gasteiger partial charge in [0.15, 0.2) is 5.78 Å².